The highest BCUT2D eigenvalue weighted by Crippen LogP contribution is 2.56. The van der Waals surface area contributed by atoms with Crippen molar-refractivity contribution in [2.24, 2.45) is 5.41 Å². The zero-order chi connectivity index (χ0) is 17.3. The van der Waals surface area contributed by atoms with Crippen LogP contribution in [0.15, 0.2) is 30.7 Å². The summed E-state index contributed by atoms with van der Waals surface area (Å²) in [7, 11) is 0. The summed E-state index contributed by atoms with van der Waals surface area (Å²) in [4.78, 5) is 11.8. The van der Waals surface area contributed by atoms with E-state index >= 15 is 0 Å². The van der Waals surface area contributed by atoms with Crippen molar-refractivity contribution in [3.05, 3.63) is 47.8 Å². The van der Waals surface area contributed by atoms with Crippen molar-refractivity contribution in [3.8, 4) is 0 Å². The minimum absolute atomic E-state index is 0.533. The Labute approximate surface area is 150 Å². The summed E-state index contributed by atoms with van der Waals surface area (Å²) >= 11 is 0. The average Bonchev–Trinajstić information content (AvgIpc) is 3.12. The Morgan fingerprint density at radius 2 is 2.08 bits per heavy atom. The number of aromatic nitrogens is 3. The Morgan fingerprint density at radius 1 is 1.24 bits per heavy atom. The van der Waals surface area contributed by atoms with Gasteiger partial charge >= 0.3 is 0 Å². The number of rotatable bonds is 6. The van der Waals surface area contributed by atoms with Crippen molar-refractivity contribution in [2.75, 3.05) is 13.1 Å². The lowest BCUT2D eigenvalue weighted by Gasteiger charge is -2.29. The van der Waals surface area contributed by atoms with Crippen LogP contribution in [0.4, 0.5) is 0 Å². The van der Waals surface area contributed by atoms with Gasteiger partial charge in [0.15, 0.2) is 0 Å². The molecule has 2 fully saturated rings. The minimum Gasteiger partial charge on any atom is -0.334 e. The van der Waals surface area contributed by atoms with Gasteiger partial charge in [-0.1, -0.05) is 6.07 Å². The third-order valence-electron chi connectivity index (χ3n) is 6.16. The number of pyridine rings is 1. The molecule has 1 saturated heterocycles. The van der Waals surface area contributed by atoms with Gasteiger partial charge in [-0.25, -0.2) is 4.98 Å². The summed E-state index contributed by atoms with van der Waals surface area (Å²) in [6.07, 6.45) is 9.86. The zero-order valence-electron chi connectivity index (χ0n) is 15.4. The molecule has 0 bridgehead atoms. The first-order valence-corrected chi connectivity index (χ1v) is 9.57. The van der Waals surface area contributed by atoms with Crippen LogP contribution >= 0.6 is 0 Å². The Morgan fingerprint density at radius 3 is 2.84 bits per heavy atom. The van der Waals surface area contributed by atoms with Crippen LogP contribution in [0.3, 0.4) is 0 Å². The van der Waals surface area contributed by atoms with E-state index in [9.17, 15) is 0 Å². The van der Waals surface area contributed by atoms with Crippen molar-refractivity contribution in [2.45, 2.75) is 58.8 Å². The summed E-state index contributed by atoms with van der Waals surface area (Å²) in [5, 5.41) is 3.52. The molecule has 1 N–H and O–H groups in total. The van der Waals surface area contributed by atoms with Gasteiger partial charge in [-0.3, -0.25) is 9.88 Å². The molecule has 0 unspecified atom stereocenters. The molecule has 134 valence electrons. The Kier molecular flexibility index (Phi) is 4.61. The maximum Gasteiger partial charge on any atom is 0.122 e. The number of imidazole rings is 1. The van der Waals surface area contributed by atoms with Gasteiger partial charge in [-0.05, 0) is 63.2 Å². The van der Waals surface area contributed by atoms with Crippen LogP contribution in [0.2, 0.25) is 0 Å². The predicted octanol–water partition coefficient (Wildman–Crippen LogP) is 2.75. The second kappa shape index (κ2) is 6.89. The lowest BCUT2D eigenvalue weighted by Crippen LogP contribution is -2.36. The fourth-order valence-corrected chi connectivity index (χ4v) is 4.45. The van der Waals surface area contributed by atoms with Gasteiger partial charge in [-0.2, -0.15) is 0 Å². The van der Waals surface area contributed by atoms with Crippen LogP contribution in [0.25, 0.3) is 0 Å². The quantitative estimate of drug-likeness (QED) is 0.879. The standard InChI is InChI=1S/C20H29N5/c1-3-24-12-11-23-19(24)15-25(14-17-5-4-8-22-16(17)2)18-13-20(18)6-9-21-10-7-20/h4-5,8,11-12,18,21H,3,6-7,9-10,13-15H2,1-2H3/t18-/m0/s1. The van der Waals surface area contributed by atoms with E-state index in [-0.39, 0.29) is 0 Å². The van der Waals surface area contributed by atoms with Crippen molar-refractivity contribution >= 4 is 0 Å². The molecule has 2 aliphatic rings. The molecule has 1 spiro atoms. The number of aryl methyl sites for hydroxylation is 2. The lowest BCUT2D eigenvalue weighted by atomic mass is 9.93. The van der Waals surface area contributed by atoms with E-state index < -0.39 is 0 Å². The molecule has 5 nitrogen and oxygen atoms in total. The summed E-state index contributed by atoms with van der Waals surface area (Å²) in [5.41, 5.74) is 3.02. The van der Waals surface area contributed by atoms with E-state index in [1.807, 2.05) is 12.4 Å². The maximum absolute atomic E-state index is 4.63. The molecule has 0 radical (unpaired) electrons. The number of nitrogens with one attached hydrogen (secondary N) is 1. The van der Waals surface area contributed by atoms with Crippen molar-refractivity contribution in [1.29, 1.82) is 0 Å². The summed E-state index contributed by atoms with van der Waals surface area (Å²) in [6.45, 7) is 9.51. The first kappa shape index (κ1) is 16.7. The van der Waals surface area contributed by atoms with Crippen LogP contribution < -0.4 is 5.32 Å². The number of hydrogen-bond acceptors (Lipinski definition) is 4. The molecule has 0 amide bonds. The van der Waals surface area contributed by atoms with E-state index in [0.717, 1.165) is 25.3 Å². The Hall–Kier alpha value is -1.72. The third-order valence-corrected chi connectivity index (χ3v) is 6.16. The van der Waals surface area contributed by atoms with E-state index in [4.69, 9.17) is 0 Å². The summed E-state index contributed by atoms with van der Waals surface area (Å²) in [5.74, 6) is 1.18. The van der Waals surface area contributed by atoms with Gasteiger partial charge in [0, 0.05) is 43.4 Å². The molecule has 0 aromatic carbocycles. The Bertz CT molecular complexity index is 716. The molecule has 1 aliphatic heterocycles. The van der Waals surface area contributed by atoms with Gasteiger partial charge in [0.1, 0.15) is 5.82 Å². The van der Waals surface area contributed by atoms with Crippen molar-refractivity contribution in [3.63, 3.8) is 0 Å². The molecule has 2 aromatic heterocycles. The van der Waals surface area contributed by atoms with Crippen LogP contribution in [-0.4, -0.2) is 38.6 Å². The molecule has 25 heavy (non-hydrogen) atoms. The number of hydrogen-bond donors (Lipinski definition) is 1. The smallest absolute Gasteiger partial charge is 0.122 e. The first-order valence-electron chi connectivity index (χ1n) is 9.57. The van der Waals surface area contributed by atoms with Crippen molar-refractivity contribution < 1.29 is 0 Å². The van der Waals surface area contributed by atoms with Crippen LogP contribution in [0.5, 0.6) is 0 Å². The molecule has 1 saturated carbocycles. The second-order valence-corrected chi connectivity index (χ2v) is 7.61. The zero-order valence-corrected chi connectivity index (χ0v) is 15.4. The molecule has 3 heterocycles. The number of piperidine rings is 1. The highest BCUT2D eigenvalue weighted by atomic mass is 15.2. The van der Waals surface area contributed by atoms with Gasteiger partial charge in [-0.15, -0.1) is 0 Å². The SMILES string of the molecule is CCn1ccnc1CN(Cc1cccnc1C)[C@H]1CC12CCNCC2. The summed E-state index contributed by atoms with van der Waals surface area (Å²) < 4.78 is 2.26. The third kappa shape index (κ3) is 3.35. The number of nitrogens with zero attached hydrogens (tertiary/aromatic N) is 4. The normalized spacial score (nSPS) is 21.8. The fourth-order valence-electron chi connectivity index (χ4n) is 4.45. The lowest BCUT2D eigenvalue weighted by molar-refractivity contribution is 0.182. The molecular weight excluding hydrogens is 310 g/mol. The van der Waals surface area contributed by atoms with Crippen LogP contribution in [0, 0.1) is 12.3 Å². The summed E-state index contributed by atoms with van der Waals surface area (Å²) in [6, 6.07) is 4.95. The Balaban J connectivity index is 1.56. The van der Waals surface area contributed by atoms with E-state index in [2.05, 4.69) is 56.9 Å². The van der Waals surface area contributed by atoms with Crippen LogP contribution in [0.1, 0.15) is 43.3 Å². The molecule has 1 aliphatic carbocycles. The predicted molar refractivity (Wildman–Crippen MR) is 99.1 cm³/mol. The topological polar surface area (TPSA) is 46.0 Å². The van der Waals surface area contributed by atoms with Crippen LogP contribution in [-0.2, 0) is 19.6 Å². The average molecular weight is 339 g/mol. The fraction of sp³-hybridized carbons (Fsp3) is 0.600. The molecule has 5 heteroatoms. The highest BCUT2D eigenvalue weighted by molar-refractivity contribution is 5.20. The molecule has 2 aromatic rings. The van der Waals surface area contributed by atoms with Gasteiger partial charge in [0.05, 0.1) is 6.54 Å². The van der Waals surface area contributed by atoms with Crippen molar-refractivity contribution in [1.82, 2.24) is 24.8 Å². The molecular formula is C20H29N5. The largest absolute Gasteiger partial charge is 0.334 e. The van der Waals surface area contributed by atoms with Gasteiger partial charge in [0.25, 0.3) is 0 Å². The maximum atomic E-state index is 4.63. The van der Waals surface area contributed by atoms with Gasteiger partial charge < -0.3 is 9.88 Å². The van der Waals surface area contributed by atoms with E-state index in [0.29, 0.717) is 11.5 Å². The highest BCUT2D eigenvalue weighted by Gasteiger charge is 2.56. The van der Waals surface area contributed by atoms with E-state index in [1.54, 1.807) is 0 Å². The molecule has 1 atom stereocenters. The minimum atomic E-state index is 0.533. The van der Waals surface area contributed by atoms with Gasteiger partial charge in [0.2, 0.25) is 0 Å². The monoisotopic (exact) mass is 339 g/mol. The van der Waals surface area contributed by atoms with E-state index in [1.165, 1.54) is 43.7 Å². The molecule has 4 rings (SSSR count). The first-order chi connectivity index (χ1) is 12.2. The second-order valence-electron chi connectivity index (χ2n) is 7.61.